The van der Waals surface area contributed by atoms with Gasteiger partial charge < -0.3 is 19.4 Å². The van der Waals surface area contributed by atoms with Gasteiger partial charge in [-0.3, -0.25) is 4.79 Å². The monoisotopic (exact) mass is 242 g/mol. The van der Waals surface area contributed by atoms with Crippen LogP contribution < -0.4 is 117 Å². The van der Waals surface area contributed by atoms with E-state index in [4.69, 9.17) is 0 Å². The molecule has 12 heavy (non-hydrogen) atoms. The zero-order valence-corrected chi connectivity index (χ0v) is 14.3. The molecule has 0 aromatic carbocycles. The molecule has 0 aromatic heterocycles. The molecule has 0 aromatic rings. The third-order valence-corrected chi connectivity index (χ3v) is 2.02. The first-order chi connectivity index (χ1) is 4.43. The van der Waals surface area contributed by atoms with E-state index >= 15 is 0 Å². The SMILES string of the molecule is C[C@@H]1O[C@@H]1C(=O)[P+]([O-])([O-])[O-].[K+].[K+]. The summed E-state index contributed by atoms with van der Waals surface area (Å²) >= 11 is 0. The van der Waals surface area contributed by atoms with Crippen molar-refractivity contribution >= 4 is 13.5 Å². The molecule has 0 aliphatic carbocycles. The molecular formula is C4H5K2O5P. The van der Waals surface area contributed by atoms with Gasteiger partial charge in [-0.2, -0.15) is 0 Å². The molecule has 58 valence electrons. The summed E-state index contributed by atoms with van der Waals surface area (Å²) in [5.74, 6) is 0. The maximum atomic E-state index is 10.4. The molecule has 0 bridgehead atoms. The Balaban J connectivity index is 0. The minimum Gasteiger partial charge on any atom is -0.681 e. The van der Waals surface area contributed by atoms with Crippen molar-refractivity contribution in [3.63, 3.8) is 0 Å². The summed E-state index contributed by atoms with van der Waals surface area (Å²) in [5, 5.41) is 0. The largest absolute Gasteiger partial charge is 1.00 e. The van der Waals surface area contributed by atoms with Gasteiger partial charge in [0.15, 0.2) is 6.10 Å². The molecule has 1 aliphatic rings. The first-order valence-corrected chi connectivity index (χ1v) is 4.19. The van der Waals surface area contributed by atoms with E-state index in [1.807, 2.05) is 0 Å². The van der Waals surface area contributed by atoms with Crippen LogP contribution in [0.15, 0.2) is 0 Å². The molecule has 2 atom stereocenters. The Kier molecular flexibility index (Phi) is 9.86. The summed E-state index contributed by atoms with van der Waals surface area (Å²) in [6.07, 6.45) is -1.41. The maximum Gasteiger partial charge on any atom is 1.00 e. The Bertz CT molecular complexity index is 169. The predicted octanol–water partition coefficient (Wildman–Crippen LogP) is -8.85. The fraction of sp³-hybridized carbons (Fsp3) is 0.750. The second kappa shape index (κ2) is 6.72. The van der Waals surface area contributed by atoms with Crippen LogP contribution in [0.2, 0.25) is 0 Å². The molecule has 8 heteroatoms. The number of hydrogen-bond acceptors (Lipinski definition) is 5. The molecular weight excluding hydrogens is 237 g/mol. The van der Waals surface area contributed by atoms with Crippen LogP contribution in [0.25, 0.3) is 0 Å². The molecule has 0 unspecified atom stereocenters. The average Bonchev–Trinajstić information content (AvgIpc) is 2.42. The number of hydrogen-bond donors (Lipinski definition) is 0. The summed E-state index contributed by atoms with van der Waals surface area (Å²) in [4.78, 5) is 40.4. The Morgan fingerprint density at radius 3 is 1.75 bits per heavy atom. The van der Waals surface area contributed by atoms with Crippen LogP contribution in [0.5, 0.6) is 0 Å². The van der Waals surface area contributed by atoms with Crippen molar-refractivity contribution in [1.82, 2.24) is 0 Å². The summed E-state index contributed by atoms with van der Waals surface area (Å²) in [7, 11) is -5.05. The topological polar surface area (TPSA) is 98.8 Å². The van der Waals surface area contributed by atoms with Crippen molar-refractivity contribution in [2.45, 2.75) is 19.1 Å². The van der Waals surface area contributed by atoms with Crippen LogP contribution in [-0.4, -0.2) is 17.7 Å². The van der Waals surface area contributed by atoms with Crippen molar-refractivity contribution in [3.8, 4) is 0 Å². The first kappa shape index (κ1) is 17.6. The second-order valence-corrected chi connectivity index (χ2v) is 3.53. The van der Waals surface area contributed by atoms with Crippen LogP contribution in [0.3, 0.4) is 0 Å². The van der Waals surface area contributed by atoms with E-state index in [-0.39, 0.29) is 103 Å². The number of carbonyl (C=O) groups excluding carboxylic acids is 1. The van der Waals surface area contributed by atoms with Gasteiger partial charge in [-0.15, -0.1) is 0 Å². The summed E-state index contributed by atoms with van der Waals surface area (Å²) < 4.78 is 4.48. The molecule has 0 N–H and O–H groups in total. The predicted molar refractivity (Wildman–Crippen MR) is 26.3 cm³/mol. The Hall–Kier alpha value is 3.21. The summed E-state index contributed by atoms with van der Waals surface area (Å²) in [6, 6.07) is 0. The molecule has 0 radical (unpaired) electrons. The fourth-order valence-electron chi connectivity index (χ4n) is 0.601. The van der Waals surface area contributed by atoms with Gasteiger partial charge in [-0.05, 0) is 6.92 Å². The van der Waals surface area contributed by atoms with Gasteiger partial charge in [-0.1, -0.05) is 7.94 Å². The van der Waals surface area contributed by atoms with E-state index in [0.717, 1.165) is 0 Å². The first-order valence-electron chi connectivity index (χ1n) is 2.65. The van der Waals surface area contributed by atoms with Crippen LogP contribution in [-0.2, 0) is 9.53 Å². The van der Waals surface area contributed by atoms with Crippen molar-refractivity contribution in [2.24, 2.45) is 0 Å². The molecule has 1 aliphatic heterocycles. The normalized spacial score (nSPS) is 26.7. The van der Waals surface area contributed by atoms with Crippen LogP contribution >= 0.6 is 7.94 Å². The molecule has 5 nitrogen and oxygen atoms in total. The van der Waals surface area contributed by atoms with Crippen LogP contribution in [0.4, 0.5) is 0 Å². The standard InChI is InChI=1S/C4H7O5P.2K/c1-2-3(9-2)4(5)10(6,7)8;;/h2-3H,1H3,(H2,6,7,8);;/q;2*+1/p-2/t2-,3-;;/m0../s1. The second-order valence-electron chi connectivity index (χ2n) is 2.10. The quantitative estimate of drug-likeness (QED) is 0.272. The zero-order valence-electron chi connectivity index (χ0n) is 7.14. The van der Waals surface area contributed by atoms with E-state index in [2.05, 4.69) is 4.74 Å². The van der Waals surface area contributed by atoms with Crippen molar-refractivity contribution in [2.75, 3.05) is 0 Å². The molecule has 1 rings (SSSR count). The summed E-state index contributed by atoms with van der Waals surface area (Å²) in [6.45, 7) is 1.53. The van der Waals surface area contributed by atoms with Crippen LogP contribution in [0, 0.1) is 0 Å². The smallest absolute Gasteiger partial charge is 0.681 e. The van der Waals surface area contributed by atoms with Gasteiger partial charge in [0, 0.05) is 0 Å². The van der Waals surface area contributed by atoms with Crippen molar-refractivity contribution < 1.29 is 127 Å². The minimum atomic E-state index is -5.05. The van der Waals surface area contributed by atoms with E-state index in [9.17, 15) is 19.5 Å². The Morgan fingerprint density at radius 1 is 1.33 bits per heavy atom. The number of epoxide rings is 1. The van der Waals surface area contributed by atoms with Gasteiger partial charge in [0.25, 0.3) is 5.52 Å². The van der Waals surface area contributed by atoms with Gasteiger partial charge in [0.05, 0.1) is 6.10 Å². The van der Waals surface area contributed by atoms with Gasteiger partial charge >= 0.3 is 103 Å². The number of rotatable bonds is 2. The van der Waals surface area contributed by atoms with Gasteiger partial charge in [0.2, 0.25) is 0 Å². The van der Waals surface area contributed by atoms with Crippen molar-refractivity contribution in [3.05, 3.63) is 0 Å². The fourth-order valence-corrected chi connectivity index (χ4v) is 1.18. The maximum absolute atomic E-state index is 10.4. The van der Waals surface area contributed by atoms with E-state index in [1.54, 1.807) is 0 Å². The number of ether oxygens (including phenoxy) is 1. The molecule has 0 saturated carbocycles. The molecule has 0 spiro atoms. The Labute approximate surface area is 156 Å². The summed E-state index contributed by atoms with van der Waals surface area (Å²) in [5.41, 5.74) is -1.33. The van der Waals surface area contributed by atoms with Gasteiger partial charge in [-0.25, -0.2) is 0 Å². The minimum absolute atomic E-state index is 0. The third-order valence-electron chi connectivity index (χ3n) is 1.22. The van der Waals surface area contributed by atoms with Gasteiger partial charge in [0.1, 0.15) is 0 Å². The average molecular weight is 242 g/mol. The van der Waals surface area contributed by atoms with Crippen LogP contribution in [0.1, 0.15) is 6.92 Å². The Morgan fingerprint density at radius 2 is 1.67 bits per heavy atom. The molecule has 1 fully saturated rings. The molecule has 1 heterocycles. The van der Waals surface area contributed by atoms with Crippen molar-refractivity contribution in [1.29, 1.82) is 0 Å². The number of carbonyl (C=O) groups is 1. The third kappa shape index (κ3) is 5.34. The van der Waals surface area contributed by atoms with E-state index in [1.165, 1.54) is 6.92 Å². The van der Waals surface area contributed by atoms with E-state index < -0.39 is 25.7 Å². The van der Waals surface area contributed by atoms with E-state index in [0.29, 0.717) is 0 Å². The molecule has 1 saturated heterocycles. The molecule has 0 amide bonds. The zero-order chi connectivity index (χ0) is 7.94.